The number of anilines is 1. The first-order valence-electron chi connectivity index (χ1n) is 10.9. The quantitative estimate of drug-likeness (QED) is 0.243. The Labute approximate surface area is 203 Å². The number of halogens is 1. The van der Waals surface area contributed by atoms with Crippen molar-refractivity contribution in [1.82, 2.24) is 20.5 Å². The second-order valence-electron chi connectivity index (χ2n) is 8.74. The molecule has 0 amide bonds. The Kier molecular flexibility index (Phi) is 10.1. The molecule has 0 aliphatic carbocycles. The van der Waals surface area contributed by atoms with E-state index in [1.807, 2.05) is 6.20 Å². The Bertz CT molecular complexity index is 794. The lowest BCUT2D eigenvalue weighted by Gasteiger charge is -2.36. The Balaban J connectivity index is 0.00000341. The lowest BCUT2D eigenvalue weighted by Crippen LogP contribution is -2.47. The summed E-state index contributed by atoms with van der Waals surface area (Å²) < 4.78 is 5.82. The molecule has 0 spiro atoms. The predicted octanol–water partition coefficient (Wildman–Crippen LogP) is 3.47. The average molecular weight is 540 g/mol. The van der Waals surface area contributed by atoms with E-state index in [1.165, 1.54) is 5.69 Å². The van der Waals surface area contributed by atoms with Gasteiger partial charge in [0.15, 0.2) is 5.96 Å². The van der Waals surface area contributed by atoms with Gasteiger partial charge in [0.1, 0.15) is 5.76 Å². The zero-order valence-corrected chi connectivity index (χ0v) is 21.6. The zero-order valence-electron chi connectivity index (χ0n) is 19.2. The molecular formula is C23H37IN6O. The van der Waals surface area contributed by atoms with E-state index >= 15 is 0 Å². The maximum absolute atomic E-state index is 5.82. The van der Waals surface area contributed by atoms with Gasteiger partial charge in [0.2, 0.25) is 5.89 Å². The largest absolute Gasteiger partial charge is 0.443 e. The number of oxazole rings is 1. The second-order valence-corrected chi connectivity index (χ2v) is 8.74. The highest BCUT2D eigenvalue weighted by Crippen LogP contribution is 2.22. The molecule has 0 saturated carbocycles. The topological polar surface area (TPSA) is 68.9 Å². The minimum atomic E-state index is -0.0300. The van der Waals surface area contributed by atoms with Gasteiger partial charge in [0.25, 0.3) is 0 Å². The number of guanidine groups is 1. The summed E-state index contributed by atoms with van der Waals surface area (Å²) in [5.41, 5.74) is 1.30. The van der Waals surface area contributed by atoms with Gasteiger partial charge in [0, 0.05) is 50.9 Å². The monoisotopic (exact) mass is 540 g/mol. The smallest absolute Gasteiger partial charge is 0.213 e. The minimum absolute atomic E-state index is 0. The number of benzene rings is 1. The van der Waals surface area contributed by atoms with Crippen molar-refractivity contribution in [3.8, 4) is 0 Å². The van der Waals surface area contributed by atoms with E-state index in [0.717, 1.165) is 57.4 Å². The molecule has 2 heterocycles. The Morgan fingerprint density at radius 1 is 1.10 bits per heavy atom. The molecule has 1 aliphatic rings. The summed E-state index contributed by atoms with van der Waals surface area (Å²) in [7, 11) is 1.79. The lowest BCUT2D eigenvalue weighted by atomic mass is 9.94. The normalized spacial score (nSPS) is 15.5. The van der Waals surface area contributed by atoms with Crippen molar-refractivity contribution >= 4 is 35.6 Å². The Hall–Kier alpha value is -1.81. The number of para-hydroxylation sites is 1. The van der Waals surface area contributed by atoms with Crippen LogP contribution in [0.25, 0.3) is 0 Å². The molecule has 3 rings (SSSR count). The van der Waals surface area contributed by atoms with Crippen LogP contribution in [0.2, 0.25) is 0 Å². The predicted molar refractivity (Wildman–Crippen MR) is 139 cm³/mol. The molecule has 2 N–H and O–H groups in total. The molecule has 0 bridgehead atoms. The number of nitrogens with zero attached hydrogens (tertiary/aromatic N) is 4. The molecule has 31 heavy (non-hydrogen) atoms. The summed E-state index contributed by atoms with van der Waals surface area (Å²) >= 11 is 0. The van der Waals surface area contributed by atoms with E-state index in [1.54, 1.807) is 7.05 Å². The summed E-state index contributed by atoms with van der Waals surface area (Å²) in [6.07, 6.45) is 2.89. The standard InChI is InChI=1S/C23H36N6O.HI/c1-23(2,3)20-17-26-21(30-20)18-27-22(24-4)25-11-8-12-28-13-15-29(16-14-28)19-9-6-5-7-10-19;/h5-7,9-10,17H,8,11-16,18H2,1-4H3,(H2,24,25,27);1H. The molecule has 8 heteroatoms. The third-order valence-electron chi connectivity index (χ3n) is 5.36. The van der Waals surface area contributed by atoms with Gasteiger partial charge in [-0.25, -0.2) is 4.98 Å². The molecule has 1 fully saturated rings. The highest BCUT2D eigenvalue weighted by molar-refractivity contribution is 14.0. The van der Waals surface area contributed by atoms with Crippen molar-refractivity contribution < 1.29 is 4.42 Å². The fourth-order valence-electron chi connectivity index (χ4n) is 3.50. The van der Waals surface area contributed by atoms with Crippen LogP contribution in [-0.2, 0) is 12.0 Å². The summed E-state index contributed by atoms with van der Waals surface area (Å²) in [5, 5.41) is 6.66. The van der Waals surface area contributed by atoms with Crippen molar-refractivity contribution in [2.45, 2.75) is 39.2 Å². The Morgan fingerprint density at radius 2 is 1.81 bits per heavy atom. The summed E-state index contributed by atoms with van der Waals surface area (Å²) in [6, 6.07) is 10.7. The van der Waals surface area contributed by atoms with E-state index in [2.05, 4.69) is 81.5 Å². The van der Waals surface area contributed by atoms with Gasteiger partial charge >= 0.3 is 0 Å². The SMILES string of the molecule is CN=C(NCCCN1CCN(c2ccccc2)CC1)NCc1ncc(C(C)(C)C)o1.I. The molecule has 1 aromatic heterocycles. The lowest BCUT2D eigenvalue weighted by molar-refractivity contribution is 0.255. The maximum Gasteiger partial charge on any atom is 0.213 e. The molecule has 0 atom stereocenters. The number of nitrogens with one attached hydrogen (secondary N) is 2. The number of hydrogen-bond acceptors (Lipinski definition) is 5. The fourth-order valence-corrected chi connectivity index (χ4v) is 3.50. The molecular weight excluding hydrogens is 503 g/mol. The van der Waals surface area contributed by atoms with Crippen LogP contribution in [0.5, 0.6) is 0 Å². The van der Waals surface area contributed by atoms with Crippen molar-refractivity contribution in [3.05, 3.63) is 48.2 Å². The van der Waals surface area contributed by atoms with E-state index in [9.17, 15) is 0 Å². The molecule has 1 saturated heterocycles. The van der Waals surface area contributed by atoms with Gasteiger partial charge in [-0.3, -0.25) is 9.89 Å². The number of hydrogen-bond donors (Lipinski definition) is 2. The number of rotatable bonds is 7. The first-order valence-corrected chi connectivity index (χ1v) is 10.9. The maximum atomic E-state index is 5.82. The van der Waals surface area contributed by atoms with Gasteiger partial charge in [0.05, 0.1) is 12.7 Å². The van der Waals surface area contributed by atoms with Gasteiger partial charge in [-0.2, -0.15) is 0 Å². The van der Waals surface area contributed by atoms with E-state index in [4.69, 9.17) is 4.42 Å². The first-order chi connectivity index (χ1) is 14.5. The number of piperazine rings is 1. The third kappa shape index (κ3) is 7.99. The number of aliphatic imine (C=N–C) groups is 1. The molecule has 0 unspecified atom stereocenters. The van der Waals surface area contributed by atoms with Gasteiger partial charge in [-0.05, 0) is 25.1 Å². The Morgan fingerprint density at radius 3 is 2.42 bits per heavy atom. The van der Waals surface area contributed by atoms with E-state index in [0.29, 0.717) is 12.4 Å². The summed E-state index contributed by atoms with van der Waals surface area (Å²) in [5.74, 6) is 2.35. The summed E-state index contributed by atoms with van der Waals surface area (Å²) in [4.78, 5) is 13.6. The third-order valence-corrected chi connectivity index (χ3v) is 5.36. The molecule has 2 aromatic rings. The molecule has 7 nitrogen and oxygen atoms in total. The van der Waals surface area contributed by atoms with Crippen molar-refractivity contribution in [1.29, 1.82) is 0 Å². The van der Waals surface area contributed by atoms with Crippen LogP contribution in [0.4, 0.5) is 5.69 Å². The van der Waals surface area contributed by atoms with E-state index < -0.39 is 0 Å². The minimum Gasteiger partial charge on any atom is -0.443 e. The second kappa shape index (κ2) is 12.3. The van der Waals surface area contributed by atoms with Gasteiger partial charge in [-0.1, -0.05) is 39.0 Å². The van der Waals surface area contributed by atoms with Crippen LogP contribution in [0, 0.1) is 0 Å². The fraction of sp³-hybridized carbons (Fsp3) is 0.565. The van der Waals surface area contributed by atoms with Crippen LogP contribution < -0.4 is 15.5 Å². The first kappa shape index (κ1) is 25.5. The highest BCUT2D eigenvalue weighted by Gasteiger charge is 2.19. The summed E-state index contributed by atoms with van der Waals surface area (Å²) in [6.45, 7) is 13.3. The molecule has 1 aliphatic heterocycles. The highest BCUT2D eigenvalue weighted by atomic mass is 127. The van der Waals surface area contributed by atoms with Gasteiger partial charge in [-0.15, -0.1) is 24.0 Å². The molecule has 172 valence electrons. The van der Waals surface area contributed by atoms with Crippen LogP contribution in [0.3, 0.4) is 0 Å². The van der Waals surface area contributed by atoms with Crippen LogP contribution in [0.15, 0.2) is 45.9 Å². The van der Waals surface area contributed by atoms with E-state index in [-0.39, 0.29) is 29.4 Å². The van der Waals surface area contributed by atoms with Crippen molar-refractivity contribution in [2.24, 2.45) is 4.99 Å². The van der Waals surface area contributed by atoms with Crippen molar-refractivity contribution in [3.63, 3.8) is 0 Å². The van der Waals surface area contributed by atoms with Crippen molar-refractivity contribution in [2.75, 3.05) is 51.2 Å². The average Bonchev–Trinajstić information content (AvgIpc) is 3.24. The molecule has 1 aromatic carbocycles. The van der Waals surface area contributed by atoms with Crippen LogP contribution in [0.1, 0.15) is 38.8 Å². The van der Waals surface area contributed by atoms with Crippen LogP contribution >= 0.6 is 24.0 Å². The number of aromatic nitrogens is 1. The van der Waals surface area contributed by atoms with Crippen LogP contribution in [-0.4, -0.2) is 62.2 Å². The molecule has 0 radical (unpaired) electrons. The van der Waals surface area contributed by atoms with Gasteiger partial charge < -0.3 is 20.0 Å². The zero-order chi connectivity index (χ0) is 21.4.